The summed E-state index contributed by atoms with van der Waals surface area (Å²) in [6.45, 7) is 13.7. The molecule has 24 heteroatoms. The first kappa shape index (κ1) is 101. The predicted octanol–water partition coefficient (Wildman–Crippen LogP) is 15.6. The van der Waals surface area contributed by atoms with Gasteiger partial charge in [0, 0.05) is 79.1 Å². The van der Waals surface area contributed by atoms with Gasteiger partial charge in [0.25, 0.3) is 23.6 Å². The van der Waals surface area contributed by atoms with Crippen molar-refractivity contribution in [1.82, 2.24) is 41.7 Å². The van der Waals surface area contributed by atoms with Gasteiger partial charge in [-0.25, -0.2) is 0 Å². The van der Waals surface area contributed by atoms with Crippen LogP contribution in [-0.4, -0.2) is 174 Å². The quantitative estimate of drug-likeness (QED) is 0.00716. The topological polar surface area (TPSA) is 352 Å². The average molecular weight is 1710 g/mol. The molecule has 8 aromatic carbocycles. The lowest BCUT2D eigenvalue weighted by atomic mass is 9.84. The number of ether oxygens (including phenoxy) is 4. The highest BCUT2D eigenvalue weighted by molar-refractivity contribution is 5.98. The summed E-state index contributed by atoms with van der Waals surface area (Å²) in [6, 6.07) is 68.5. The fourth-order valence-corrected chi connectivity index (χ4v) is 15.7. The molecule has 0 aromatic heterocycles. The molecule has 12 N–H and O–H groups in total. The van der Waals surface area contributed by atoms with E-state index in [1.807, 2.05) is 233 Å². The van der Waals surface area contributed by atoms with Crippen molar-refractivity contribution in [3.8, 4) is 44.5 Å². The van der Waals surface area contributed by atoms with Crippen LogP contribution in [0.3, 0.4) is 0 Å². The molecule has 8 atom stereocenters. The Bertz CT molecular complexity index is 4770. The number of methoxy groups -OCH3 is 4. The van der Waals surface area contributed by atoms with Crippen molar-refractivity contribution in [2.45, 2.75) is 138 Å². The molecule has 0 aliphatic carbocycles. The maximum absolute atomic E-state index is 12.8. The number of carbonyl (C=O) groups excluding carboxylic acids is 8. The molecule has 0 bridgehead atoms. The second-order valence-electron chi connectivity index (χ2n) is 31.5. The lowest BCUT2D eigenvalue weighted by Gasteiger charge is -2.34. The third kappa shape index (κ3) is 31.0. The molecule has 0 radical (unpaired) electrons. The molecule has 125 heavy (non-hydrogen) atoms. The van der Waals surface area contributed by atoms with Gasteiger partial charge in [0.15, 0.2) is 11.9 Å². The molecular weight excluding hydrogens is 1570 g/mol. The van der Waals surface area contributed by atoms with Gasteiger partial charge in [0.1, 0.15) is 0 Å². The number of rotatable bonds is 28. The van der Waals surface area contributed by atoms with Gasteiger partial charge in [0.2, 0.25) is 0 Å². The highest BCUT2D eigenvalue weighted by Crippen LogP contribution is 2.31. The van der Waals surface area contributed by atoms with Crippen molar-refractivity contribution in [2.24, 2.45) is 47.0 Å². The monoisotopic (exact) mass is 1710 g/mol. The van der Waals surface area contributed by atoms with Crippen LogP contribution in [0.5, 0.6) is 0 Å². The number of likely N-dealkylation sites (tertiary alicyclic amines) is 1. The van der Waals surface area contributed by atoms with Gasteiger partial charge in [-0.05, 0) is 216 Å². The second kappa shape index (κ2) is 52.2. The van der Waals surface area contributed by atoms with Crippen molar-refractivity contribution in [2.75, 3.05) is 80.8 Å². The lowest BCUT2D eigenvalue weighted by molar-refractivity contribution is -0.148. The molecular formula is C101H132N12O12. The van der Waals surface area contributed by atoms with E-state index in [0.29, 0.717) is 86.0 Å². The normalized spacial score (nSPS) is 15.6. The molecule has 8 aromatic rings. The third-order valence-corrected chi connectivity index (χ3v) is 23.2. The molecule has 2 fully saturated rings. The van der Waals surface area contributed by atoms with Crippen molar-refractivity contribution >= 4 is 59.4 Å². The summed E-state index contributed by atoms with van der Waals surface area (Å²) in [7, 11) is 5.54. The lowest BCUT2D eigenvalue weighted by Crippen LogP contribution is -2.45. The SMILES string of the molecule is C.C.C.COC(=O)[C@H](CC1=CCN(C(=N)N)CC1)[C@@H](C)NC(=O)c1ccc(-c2ccccc2)cc1.COC(=O)[C@H](CC1=CCNCC1)[C@@H](C)NC(=O)c1ccc(-c2ccccc2)cc1.COC(=O)[C@H](CC1CCN(C(=N)N)CC1)[C@@H](C)NC(=O)c1ccc(-c2ccccc2)cc1.COC(=O)[C@H](CC1CCNCC1)[C@@H](C)NC(=O)c1ccc(-c2ccccc2)cc1. The molecule has 4 amide bonds. The molecule has 668 valence electrons. The zero-order valence-corrected chi connectivity index (χ0v) is 71.4. The van der Waals surface area contributed by atoms with Gasteiger partial charge in [0.05, 0.1) is 52.1 Å². The fraction of sp³-hybridized carbons (Fsp3) is 0.386. The van der Waals surface area contributed by atoms with Crippen LogP contribution < -0.4 is 43.4 Å². The third-order valence-electron chi connectivity index (χ3n) is 23.2. The fourth-order valence-electron chi connectivity index (χ4n) is 15.7. The maximum Gasteiger partial charge on any atom is 0.311 e. The van der Waals surface area contributed by atoms with Gasteiger partial charge in [-0.3, -0.25) is 49.2 Å². The molecule has 0 saturated carbocycles. The Kier molecular flexibility index (Phi) is 42.3. The number of carbonyl (C=O) groups is 8. The number of esters is 4. The summed E-state index contributed by atoms with van der Waals surface area (Å²) in [5.41, 5.74) is 24.3. The summed E-state index contributed by atoms with van der Waals surface area (Å²) in [6.07, 6.45) is 12.0. The number of benzene rings is 8. The van der Waals surface area contributed by atoms with E-state index in [1.54, 1.807) is 29.2 Å². The molecule has 2 saturated heterocycles. The molecule has 12 rings (SSSR count). The molecule has 4 aliphatic rings. The Morgan fingerprint density at radius 2 is 0.640 bits per heavy atom. The van der Waals surface area contributed by atoms with Gasteiger partial charge < -0.3 is 72.1 Å². The largest absolute Gasteiger partial charge is 0.469 e. The van der Waals surface area contributed by atoms with Crippen LogP contribution in [0.25, 0.3) is 44.5 Å². The summed E-state index contributed by atoms with van der Waals surface area (Å²) in [5.74, 6) is -2.76. The molecule has 4 aliphatic heterocycles. The number of hydrogen-bond acceptors (Lipinski definition) is 16. The number of piperidine rings is 2. The van der Waals surface area contributed by atoms with Crippen LogP contribution in [0, 0.1) is 46.3 Å². The van der Waals surface area contributed by atoms with Crippen LogP contribution in [0.2, 0.25) is 0 Å². The van der Waals surface area contributed by atoms with Crippen molar-refractivity contribution in [1.29, 1.82) is 10.8 Å². The van der Waals surface area contributed by atoms with Crippen molar-refractivity contribution in [3.05, 3.63) is 264 Å². The summed E-state index contributed by atoms with van der Waals surface area (Å²) >= 11 is 0. The number of hydrogen-bond donors (Lipinski definition) is 10. The highest BCUT2D eigenvalue weighted by Gasteiger charge is 2.35. The number of nitrogens with one attached hydrogen (secondary N) is 8. The second-order valence-corrected chi connectivity index (χ2v) is 31.5. The van der Waals surface area contributed by atoms with E-state index in [1.165, 1.54) is 34.0 Å². The first-order valence-corrected chi connectivity index (χ1v) is 42.1. The molecule has 4 heterocycles. The van der Waals surface area contributed by atoms with Crippen LogP contribution in [0.15, 0.2) is 242 Å². The van der Waals surface area contributed by atoms with Gasteiger partial charge in [-0.15, -0.1) is 0 Å². The minimum Gasteiger partial charge on any atom is -0.469 e. The minimum absolute atomic E-state index is 0. The van der Waals surface area contributed by atoms with Crippen molar-refractivity contribution < 1.29 is 57.3 Å². The van der Waals surface area contributed by atoms with Gasteiger partial charge >= 0.3 is 23.9 Å². The summed E-state index contributed by atoms with van der Waals surface area (Å²) in [4.78, 5) is 104. The Morgan fingerprint density at radius 3 is 0.912 bits per heavy atom. The van der Waals surface area contributed by atoms with E-state index in [0.717, 1.165) is 115 Å². The van der Waals surface area contributed by atoms with E-state index >= 15 is 0 Å². The zero-order valence-electron chi connectivity index (χ0n) is 71.4. The molecule has 0 spiro atoms. The predicted molar refractivity (Wildman–Crippen MR) is 499 cm³/mol. The number of nitrogens with two attached hydrogens (primary N) is 2. The standard InChI is InChI=1S/C25H32N4O3.C25H30N4O3.C24H30N2O3.C24H28N2O3.3CH4/c2*1-17(22(24(31)32-2)16-18-12-14-29(15-13-18)25(26)27)28-23(30)21-10-8-20(9-11-21)19-6-4-3-5-7-19;2*1-17(22(24(28)29-2)16-18-12-14-25-15-13-18)26-23(27)21-10-8-20(9-11-21)19-6-4-3-5-7-19;;;/h3-11,17-18,22H,12-16H2,1-2H3,(H3,26,27)(H,28,30);3-12,17,22H,13-16H2,1-2H3,(H3,26,27)(H,28,30);3-11,17-18,22,25H,12-16H2,1-2H3,(H,26,27);3-12,17,22,25H,13-16H2,1-2H3,(H,26,27);3*1H4/t4*17-,22-;;;/m1111.../s1. The average Bonchev–Trinajstić information content (AvgIpc) is 0.764. The summed E-state index contributed by atoms with van der Waals surface area (Å²) in [5, 5.41) is 33.6. The van der Waals surface area contributed by atoms with E-state index in [9.17, 15) is 38.4 Å². The van der Waals surface area contributed by atoms with E-state index in [-0.39, 0.29) is 106 Å². The van der Waals surface area contributed by atoms with Crippen LogP contribution >= 0.6 is 0 Å². The van der Waals surface area contributed by atoms with Gasteiger partial charge in [-0.1, -0.05) is 215 Å². The Hall–Kier alpha value is -12.5. The zero-order chi connectivity index (χ0) is 87.5. The van der Waals surface area contributed by atoms with Crippen LogP contribution in [-0.2, 0) is 38.1 Å². The first-order chi connectivity index (χ1) is 58.9. The minimum atomic E-state index is -0.498. The smallest absolute Gasteiger partial charge is 0.311 e. The molecule has 0 unspecified atom stereocenters. The number of amides is 4. The Balaban J connectivity index is 0.000000256. The van der Waals surface area contributed by atoms with Crippen LogP contribution in [0.4, 0.5) is 0 Å². The number of guanidine groups is 2. The Morgan fingerprint density at radius 1 is 0.360 bits per heavy atom. The van der Waals surface area contributed by atoms with Crippen LogP contribution in [0.1, 0.15) is 156 Å². The van der Waals surface area contributed by atoms with E-state index in [2.05, 4.69) is 38.0 Å². The van der Waals surface area contributed by atoms with E-state index < -0.39 is 23.8 Å². The highest BCUT2D eigenvalue weighted by atomic mass is 16.5. The molecule has 24 nitrogen and oxygen atoms in total. The van der Waals surface area contributed by atoms with E-state index in [4.69, 9.17) is 41.2 Å². The van der Waals surface area contributed by atoms with Gasteiger partial charge in [-0.2, -0.15) is 0 Å². The van der Waals surface area contributed by atoms with Crippen molar-refractivity contribution in [3.63, 3.8) is 0 Å². The Labute approximate surface area is 739 Å². The maximum atomic E-state index is 12.8. The number of nitrogens with zero attached hydrogens (tertiary/aromatic N) is 2. The summed E-state index contributed by atoms with van der Waals surface area (Å²) < 4.78 is 20.1. The first-order valence-electron chi connectivity index (χ1n) is 42.1.